The Balaban J connectivity index is 2.09. The predicted octanol–water partition coefficient (Wildman–Crippen LogP) is 2.59. The van der Waals surface area contributed by atoms with E-state index in [0.29, 0.717) is 16.9 Å². The third-order valence-electron chi connectivity index (χ3n) is 3.16. The minimum Gasteiger partial charge on any atom is -0.358 e. The van der Waals surface area contributed by atoms with Crippen molar-refractivity contribution >= 4 is 34.8 Å². The van der Waals surface area contributed by atoms with Crippen LogP contribution in [-0.4, -0.2) is 26.4 Å². The van der Waals surface area contributed by atoms with E-state index >= 15 is 0 Å². The largest absolute Gasteiger partial charge is 0.408 e. The standard InChI is InChI=1S/C14H13ClN4O4/c1-8-13(15)14(19(22)23)17-18(8)7-12(21)16-11-5-3-10(4-6-11)9(2)20/h3-6H,7H2,1-2H3,(H,16,21). The van der Waals surface area contributed by atoms with E-state index in [-0.39, 0.29) is 17.4 Å². The van der Waals surface area contributed by atoms with Gasteiger partial charge in [-0.1, -0.05) is 11.6 Å². The summed E-state index contributed by atoms with van der Waals surface area (Å²) in [5, 5.41) is 17.0. The van der Waals surface area contributed by atoms with Crippen LogP contribution >= 0.6 is 11.6 Å². The summed E-state index contributed by atoms with van der Waals surface area (Å²) < 4.78 is 1.17. The Morgan fingerprint density at radius 3 is 2.43 bits per heavy atom. The molecule has 0 unspecified atom stereocenters. The summed E-state index contributed by atoms with van der Waals surface area (Å²) in [7, 11) is 0. The van der Waals surface area contributed by atoms with Gasteiger partial charge in [0.15, 0.2) is 10.8 Å². The summed E-state index contributed by atoms with van der Waals surface area (Å²) in [6.45, 7) is 2.77. The summed E-state index contributed by atoms with van der Waals surface area (Å²) >= 11 is 5.81. The lowest BCUT2D eigenvalue weighted by Crippen LogP contribution is -2.20. The minimum atomic E-state index is -0.704. The molecule has 9 heteroatoms. The number of aromatic nitrogens is 2. The Morgan fingerprint density at radius 2 is 1.96 bits per heavy atom. The first-order valence-corrected chi connectivity index (χ1v) is 6.95. The van der Waals surface area contributed by atoms with Gasteiger partial charge in [0.05, 0.1) is 10.8 Å². The molecular weight excluding hydrogens is 324 g/mol. The number of rotatable bonds is 5. The molecule has 1 aromatic heterocycles. The van der Waals surface area contributed by atoms with E-state index in [2.05, 4.69) is 10.4 Å². The number of amides is 1. The minimum absolute atomic E-state index is 0.0722. The van der Waals surface area contributed by atoms with Gasteiger partial charge in [-0.15, -0.1) is 0 Å². The van der Waals surface area contributed by atoms with Crippen LogP contribution in [0.5, 0.6) is 0 Å². The van der Waals surface area contributed by atoms with Crippen LogP contribution < -0.4 is 5.32 Å². The number of ketones is 1. The molecule has 0 bridgehead atoms. The Morgan fingerprint density at radius 1 is 1.35 bits per heavy atom. The van der Waals surface area contributed by atoms with Crippen molar-refractivity contribution in [3.05, 3.63) is 50.7 Å². The normalized spacial score (nSPS) is 10.4. The van der Waals surface area contributed by atoms with E-state index in [1.807, 2.05) is 0 Å². The van der Waals surface area contributed by atoms with Crippen molar-refractivity contribution in [3.63, 3.8) is 0 Å². The van der Waals surface area contributed by atoms with E-state index in [1.165, 1.54) is 18.5 Å². The third kappa shape index (κ3) is 3.72. The summed E-state index contributed by atoms with van der Waals surface area (Å²) in [6.07, 6.45) is 0. The molecule has 23 heavy (non-hydrogen) atoms. The van der Waals surface area contributed by atoms with Gasteiger partial charge in [0.1, 0.15) is 6.54 Å². The maximum absolute atomic E-state index is 12.0. The zero-order valence-electron chi connectivity index (χ0n) is 12.4. The van der Waals surface area contributed by atoms with Crippen molar-refractivity contribution < 1.29 is 14.5 Å². The first kappa shape index (κ1) is 16.6. The quantitative estimate of drug-likeness (QED) is 0.513. The van der Waals surface area contributed by atoms with Crippen LogP contribution in [0.15, 0.2) is 24.3 Å². The average molecular weight is 337 g/mol. The second kappa shape index (κ2) is 6.57. The highest BCUT2D eigenvalue weighted by Crippen LogP contribution is 2.26. The molecule has 2 aromatic rings. The van der Waals surface area contributed by atoms with E-state index in [0.717, 1.165) is 0 Å². The number of anilines is 1. The van der Waals surface area contributed by atoms with Crippen LogP contribution in [0.4, 0.5) is 11.5 Å². The zero-order valence-corrected chi connectivity index (χ0v) is 13.1. The lowest BCUT2D eigenvalue weighted by atomic mass is 10.1. The molecule has 0 saturated heterocycles. The van der Waals surface area contributed by atoms with Crippen molar-refractivity contribution in [2.45, 2.75) is 20.4 Å². The van der Waals surface area contributed by atoms with Crippen LogP contribution in [0.2, 0.25) is 5.02 Å². The smallest absolute Gasteiger partial charge is 0.358 e. The van der Waals surface area contributed by atoms with Crippen LogP contribution in [0.3, 0.4) is 0 Å². The number of hydrogen-bond acceptors (Lipinski definition) is 5. The van der Waals surface area contributed by atoms with Crippen LogP contribution in [0.25, 0.3) is 0 Å². The first-order valence-electron chi connectivity index (χ1n) is 6.57. The topological polar surface area (TPSA) is 107 Å². The number of benzene rings is 1. The second-order valence-electron chi connectivity index (χ2n) is 4.82. The molecule has 1 heterocycles. The van der Waals surface area contributed by atoms with Gasteiger partial charge in [-0.25, -0.2) is 0 Å². The molecule has 1 amide bonds. The number of nitrogens with zero attached hydrogens (tertiary/aromatic N) is 3. The van der Waals surface area contributed by atoms with E-state index < -0.39 is 16.6 Å². The summed E-state index contributed by atoms with van der Waals surface area (Å²) in [5.41, 5.74) is 1.37. The monoisotopic (exact) mass is 336 g/mol. The Kier molecular flexibility index (Phi) is 4.75. The lowest BCUT2D eigenvalue weighted by molar-refractivity contribution is -0.389. The van der Waals surface area contributed by atoms with Crippen LogP contribution in [-0.2, 0) is 11.3 Å². The Bertz CT molecular complexity index is 783. The van der Waals surface area contributed by atoms with Crippen molar-refractivity contribution in [3.8, 4) is 0 Å². The molecule has 0 aliphatic carbocycles. The van der Waals surface area contributed by atoms with E-state index in [4.69, 9.17) is 11.6 Å². The van der Waals surface area contributed by atoms with Gasteiger partial charge < -0.3 is 15.4 Å². The molecule has 0 atom stereocenters. The molecule has 2 rings (SSSR count). The van der Waals surface area contributed by atoms with Crippen molar-refractivity contribution in [1.29, 1.82) is 0 Å². The Labute approximate surface area is 136 Å². The number of nitrogens with one attached hydrogen (secondary N) is 1. The molecule has 0 aliphatic rings. The van der Waals surface area contributed by atoms with Crippen molar-refractivity contribution in [1.82, 2.24) is 9.78 Å². The number of carbonyl (C=O) groups excluding carboxylic acids is 2. The van der Waals surface area contributed by atoms with Crippen LogP contribution in [0.1, 0.15) is 23.0 Å². The fourth-order valence-electron chi connectivity index (χ4n) is 1.90. The number of halogens is 1. The molecule has 8 nitrogen and oxygen atoms in total. The van der Waals surface area contributed by atoms with E-state index in [9.17, 15) is 19.7 Å². The third-order valence-corrected chi connectivity index (χ3v) is 3.60. The zero-order chi connectivity index (χ0) is 17.1. The molecule has 1 N–H and O–H groups in total. The predicted molar refractivity (Wildman–Crippen MR) is 83.7 cm³/mol. The van der Waals surface area contributed by atoms with Crippen molar-refractivity contribution in [2.75, 3.05) is 5.32 Å². The maximum atomic E-state index is 12.0. The molecule has 0 radical (unpaired) electrons. The molecule has 0 saturated carbocycles. The molecular formula is C14H13ClN4O4. The summed E-state index contributed by atoms with van der Waals surface area (Å²) in [4.78, 5) is 33.2. The number of nitro groups is 1. The molecule has 1 aromatic carbocycles. The summed E-state index contributed by atoms with van der Waals surface area (Å²) in [5.74, 6) is -0.975. The van der Waals surface area contributed by atoms with Gasteiger partial charge in [-0.3, -0.25) is 9.59 Å². The molecule has 120 valence electrons. The fraction of sp³-hybridized carbons (Fsp3) is 0.214. The first-order chi connectivity index (χ1) is 10.8. The molecule has 0 fully saturated rings. The molecule has 0 spiro atoms. The maximum Gasteiger partial charge on any atom is 0.408 e. The van der Waals surface area contributed by atoms with Gasteiger partial charge in [0.2, 0.25) is 5.91 Å². The highest BCUT2D eigenvalue weighted by Gasteiger charge is 2.24. The van der Waals surface area contributed by atoms with Crippen molar-refractivity contribution in [2.24, 2.45) is 0 Å². The Hall–Kier alpha value is -2.74. The van der Waals surface area contributed by atoms with E-state index in [1.54, 1.807) is 24.3 Å². The summed E-state index contributed by atoms with van der Waals surface area (Å²) in [6, 6.07) is 6.39. The lowest BCUT2D eigenvalue weighted by Gasteiger charge is -2.05. The number of Topliss-reactive ketones (excluding diaryl/α,β-unsaturated/α-hetero) is 1. The van der Waals surface area contributed by atoms with Gasteiger partial charge in [0, 0.05) is 11.3 Å². The average Bonchev–Trinajstić information content (AvgIpc) is 2.76. The van der Waals surface area contributed by atoms with Gasteiger partial charge >= 0.3 is 5.82 Å². The molecule has 0 aliphatic heterocycles. The number of carbonyl (C=O) groups is 2. The van der Waals surface area contributed by atoms with Gasteiger partial charge in [-0.05, 0) is 43.0 Å². The fourth-order valence-corrected chi connectivity index (χ4v) is 2.11. The van der Waals surface area contributed by atoms with Crippen LogP contribution in [0, 0.1) is 17.0 Å². The second-order valence-corrected chi connectivity index (χ2v) is 5.20. The highest BCUT2D eigenvalue weighted by molar-refractivity contribution is 6.33. The SMILES string of the molecule is CC(=O)c1ccc(NC(=O)Cn2nc([N+](=O)[O-])c(Cl)c2C)cc1. The van der Waals surface area contributed by atoms with Gasteiger partial charge in [0.25, 0.3) is 0 Å². The van der Waals surface area contributed by atoms with Gasteiger partial charge in [-0.2, -0.15) is 4.68 Å². The highest BCUT2D eigenvalue weighted by atomic mass is 35.5. The number of hydrogen-bond donors (Lipinski definition) is 1.